The van der Waals surface area contributed by atoms with Crippen LogP contribution in [0.1, 0.15) is 26.3 Å². The molecule has 0 aliphatic carbocycles. The van der Waals surface area contributed by atoms with Crippen molar-refractivity contribution in [1.29, 1.82) is 0 Å². The highest BCUT2D eigenvalue weighted by molar-refractivity contribution is 5.98. The van der Waals surface area contributed by atoms with Crippen LogP contribution in [0.5, 0.6) is 0 Å². The molecule has 0 saturated carbocycles. The quantitative estimate of drug-likeness (QED) is 0.598. The van der Waals surface area contributed by atoms with E-state index in [4.69, 9.17) is 4.43 Å². The summed E-state index contributed by atoms with van der Waals surface area (Å²) in [6, 6.07) is 10.6. The second-order valence-electron chi connectivity index (χ2n) is 4.43. The van der Waals surface area contributed by atoms with E-state index in [0.717, 1.165) is 23.5 Å². The van der Waals surface area contributed by atoms with E-state index in [9.17, 15) is 0 Å². The summed E-state index contributed by atoms with van der Waals surface area (Å²) >= 11 is 0. The van der Waals surface area contributed by atoms with Gasteiger partial charge in [-0.25, -0.2) is 0 Å². The number of hydrogen-bond donors (Lipinski definition) is 1. The highest BCUT2D eigenvalue weighted by Crippen LogP contribution is 2.21. The van der Waals surface area contributed by atoms with E-state index >= 15 is 0 Å². The molecule has 0 bridgehead atoms. The molecule has 1 N–H and O–H groups in total. The third-order valence-corrected chi connectivity index (χ3v) is 4.12. The number of hydrogen-bond acceptors (Lipinski definition) is 2. The van der Waals surface area contributed by atoms with Crippen molar-refractivity contribution < 1.29 is 4.43 Å². The Morgan fingerprint density at radius 2 is 2.00 bits per heavy atom. The SMILES string of the molecule is CCNC(C)(O[SiH3])C(C)Cc1ccccc1. The van der Waals surface area contributed by atoms with Crippen molar-refractivity contribution >= 4 is 10.5 Å². The van der Waals surface area contributed by atoms with Crippen LogP contribution in [0, 0.1) is 5.92 Å². The average Bonchev–Trinajstić information content (AvgIpc) is 2.30. The molecule has 0 fully saturated rings. The van der Waals surface area contributed by atoms with Gasteiger partial charge >= 0.3 is 0 Å². The van der Waals surface area contributed by atoms with Gasteiger partial charge in [0, 0.05) is 5.92 Å². The molecule has 2 unspecified atom stereocenters. The molecular formula is C13H23NOSi. The minimum Gasteiger partial charge on any atom is -0.410 e. The fraction of sp³-hybridized carbons (Fsp3) is 0.538. The van der Waals surface area contributed by atoms with Gasteiger partial charge in [-0.15, -0.1) is 0 Å². The largest absolute Gasteiger partial charge is 0.410 e. The van der Waals surface area contributed by atoms with Crippen molar-refractivity contribution in [2.45, 2.75) is 32.9 Å². The third kappa shape index (κ3) is 3.44. The Morgan fingerprint density at radius 3 is 2.50 bits per heavy atom. The van der Waals surface area contributed by atoms with Crippen LogP contribution in [0.4, 0.5) is 0 Å². The molecule has 2 nitrogen and oxygen atoms in total. The van der Waals surface area contributed by atoms with E-state index in [-0.39, 0.29) is 5.72 Å². The van der Waals surface area contributed by atoms with Crippen LogP contribution in [-0.2, 0) is 10.8 Å². The van der Waals surface area contributed by atoms with Gasteiger partial charge in [-0.3, -0.25) is 5.32 Å². The van der Waals surface area contributed by atoms with Crippen molar-refractivity contribution in [3.8, 4) is 0 Å². The molecule has 2 atom stereocenters. The molecule has 90 valence electrons. The van der Waals surface area contributed by atoms with E-state index < -0.39 is 0 Å². The normalized spacial score (nSPS) is 16.9. The van der Waals surface area contributed by atoms with Crippen molar-refractivity contribution in [2.75, 3.05) is 6.54 Å². The Kier molecular flexibility index (Phi) is 5.18. The van der Waals surface area contributed by atoms with E-state index in [1.165, 1.54) is 5.56 Å². The second-order valence-corrected chi connectivity index (χ2v) is 4.84. The van der Waals surface area contributed by atoms with Gasteiger partial charge in [0.2, 0.25) is 0 Å². The Labute approximate surface area is 102 Å². The zero-order valence-electron chi connectivity index (χ0n) is 10.8. The molecule has 1 rings (SSSR count). The smallest absolute Gasteiger partial charge is 0.148 e. The van der Waals surface area contributed by atoms with Gasteiger partial charge in [0.05, 0.1) is 0 Å². The maximum atomic E-state index is 5.74. The Bertz CT molecular complexity index is 304. The maximum absolute atomic E-state index is 5.74. The molecule has 0 radical (unpaired) electrons. The molecule has 1 aromatic rings. The highest BCUT2D eigenvalue weighted by atomic mass is 28.2. The molecule has 0 aliphatic heterocycles. The molecule has 3 heteroatoms. The third-order valence-electron chi connectivity index (χ3n) is 3.28. The van der Waals surface area contributed by atoms with Crippen LogP contribution in [0.3, 0.4) is 0 Å². The van der Waals surface area contributed by atoms with Crippen LogP contribution in [0.25, 0.3) is 0 Å². The summed E-state index contributed by atoms with van der Waals surface area (Å²) < 4.78 is 5.74. The first-order valence-corrected chi connectivity index (χ1v) is 6.78. The summed E-state index contributed by atoms with van der Waals surface area (Å²) in [5.41, 5.74) is 1.19. The number of rotatable bonds is 6. The van der Waals surface area contributed by atoms with Crippen LogP contribution in [0.15, 0.2) is 30.3 Å². The van der Waals surface area contributed by atoms with Gasteiger partial charge in [-0.2, -0.15) is 0 Å². The molecule has 0 aliphatic rings. The molecule has 0 saturated heterocycles. The van der Waals surface area contributed by atoms with E-state index in [0.29, 0.717) is 5.92 Å². The van der Waals surface area contributed by atoms with Gasteiger partial charge < -0.3 is 4.43 Å². The summed E-state index contributed by atoms with van der Waals surface area (Å²) in [4.78, 5) is 0. The first-order valence-electron chi connectivity index (χ1n) is 5.96. The Balaban J connectivity index is 2.66. The Morgan fingerprint density at radius 1 is 1.38 bits per heavy atom. The predicted octanol–water partition coefficient (Wildman–Crippen LogP) is 1.49. The lowest BCUT2D eigenvalue weighted by Crippen LogP contribution is -2.50. The lowest BCUT2D eigenvalue weighted by molar-refractivity contribution is 0.00884. The van der Waals surface area contributed by atoms with Crippen molar-refractivity contribution in [3.05, 3.63) is 35.9 Å². The molecule has 0 aromatic heterocycles. The molecule has 1 aromatic carbocycles. The first-order chi connectivity index (χ1) is 7.62. The van der Waals surface area contributed by atoms with Gasteiger partial charge in [-0.1, -0.05) is 44.2 Å². The molecule has 0 heterocycles. The summed E-state index contributed by atoms with van der Waals surface area (Å²) in [5, 5.41) is 3.44. The summed E-state index contributed by atoms with van der Waals surface area (Å²) in [5.74, 6) is 0.465. The number of benzene rings is 1. The van der Waals surface area contributed by atoms with Gasteiger partial charge in [0.25, 0.3) is 0 Å². The van der Waals surface area contributed by atoms with Crippen LogP contribution in [0.2, 0.25) is 0 Å². The lowest BCUT2D eigenvalue weighted by atomic mass is 9.92. The fourth-order valence-corrected chi connectivity index (χ4v) is 2.51. The molecule has 0 amide bonds. The number of nitrogens with one attached hydrogen (secondary N) is 1. The van der Waals surface area contributed by atoms with Crippen LogP contribution in [-0.4, -0.2) is 22.8 Å². The summed E-state index contributed by atoms with van der Waals surface area (Å²) in [6.07, 6.45) is 1.05. The van der Waals surface area contributed by atoms with Gasteiger partial charge in [0.1, 0.15) is 16.2 Å². The lowest BCUT2D eigenvalue weighted by Gasteiger charge is -2.36. The van der Waals surface area contributed by atoms with E-state index in [1.807, 2.05) is 0 Å². The maximum Gasteiger partial charge on any atom is 0.148 e. The van der Waals surface area contributed by atoms with Gasteiger partial charge in [0.15, 0.2) is 0 Å². The topological polar surface area (TPSA) is 21.3 Å². The van der Waals surface area contributed by atoms with E-state index in [2.05, 4.69) is 56.4 Å². The standard InChI is InChI=1S/C13H23NOSi/c1-4-14-13(3,15-16)11(2)10-12-8-6-5-7-9-12/h5-9,11,14H,4,10H2,1-3,16H3. The predicted molar refractivity (Wildman–Crippen MR) is 72.4 cm³/mol. The first kappa shape index (κ1) is 13.4. The zero-order valence-corrected chi connectivity index (χ0v) is 12.8. The van der Waals surface area contributed by atoms with Crippen LogP contribution < -0.4 is 5.32 Å². The van der Waals surface area contributed by atoms with Crippen molar-refractivity contribution in [2.24, 2.45) is 5.92 Å². The summed E-state index contributed by atoms with van der Waals surface area (Å²) in [7, 11) is 0.763. The monoisotopic (exact) mass is 237 g/mol. The summed E-state index contributed by atoms with van der Waals surface area (Å²) in [6.45, 7) is 7.45. The Hall–Kier alpha value is -0.643. The highest BCUT2D eigenvalue weighted by Gasteiger charge is 2.29. The molecule has 0 spiro atoms. The van der Waals surface area contributed by atoms with Crippen molar-refractivity contribution in [1.82, 2.24) is 5.32 Å². The fourth-order valence-electron chi connectivity index (χ4n) is 1.96. The second kappa shape index (κ2) is 6.18. The molecular weight excluding hydrogens is 214 g/mol. The van der Waals surface area contributed by atoms with E-state index in [1.54, 1.807) is 0 Å². The molecule has 16 heavy (non-hydrogen) atoms. The van der Waals surface area contributed by atoms with Crippen LogP contribution >= 0.6 is 0 Å². The van der Waals surface area contributed by atoms with Crippen molar-refractivity contribution in [3.63, 3.8) is 0 Å². The zero-order chi connectivity index (χ0) is 12.0. The minimum atomic E-state index is -0.184. The minimum absolute atomic E-state index is 0.184. The van der Waals surface area contributed by atoms with Gasteiger partial charge in [-0.05, 0) is 25.5 Å². The average molecular weight is 237 g/mol.